The third-order valence-corrected chi connectivity index (χ3v) is 3.76. The lowest BCUT2D eigenvalue weighted by atomic mass is 9.94. The van der Waals surface area contributed by atoms with Crippen LogP contribution in [-0.4, -0.2) is 35.2 Å². The number of aryl methyl sites for hydroxylation is 1. The summed E-state index contributed by atoms with van der Waals surface area (Å²) < 4.78 is 0. The highest BCUT2D eigenvalue weighted by molar-refractivity contribution is 6.05. The van der Waals surface area contributed by atoms with Gasteiger partial charge in [-0.15, -0.1) is 0 Å². The number of ketones is 1. The van der Waals surface area contributed by atoms with Gasteiger partial charge in [-0.05, 0) is 39.2 Å². The molecule has 1 aliphatic carbocycles. The zero-order valence-electron chi connectivity index (χ0n) is 12.6. The topological polar surface area (TPSA) is 91.1 Å². The number of fused-ring (bicyclic) bond motifs is 1. The van der Waals surface area contributed by atoms with E-state index in [1.54, 1.807) is 13.8 Å². The maximum atomic E-state index is 12.3. The molecule has 2 amide bonds. The largest absolute Gasteiger partial charge is 0.355 e. The molecule has 0 saturated carbocycles. The van der Waals surface area contributed by atoms with E-state index in [2.05, 4.69) is 15.6 Å². The Kier molecular flexibility index (Phi) is 4.45. The molecule has 2 rings (SSSR count). The number of carbonyl (C=O) groups is 3. The predicted molar refractivity (Wildman–Crippen MR) is 78.4 cm³/mol. The number of aromatic nitrogens is 1. The minimum atomic E-state index is -0.618. The van der Waals surface area contributed by atoms with Crippen LogP contribution in [0.25, 0.3) is 0 Å². The van der Waals surface area contributed by atoms with Gasteiger partial charge < -0.3 is 15.6 Å². The van der Waals surface area contributed by atoms with Gasteiger partial charge >= 0.3 is 0 Å². The Labute approximate surface area is 123 Å². The van der Waals surface area contributed by atoms with E-state index in [-0.39, 0.29) is 17.6 Å². The molecule has 114 valence electrons. The van der Waals surface area contributed by atoms with E-state index < -0.39 is 6.04 Å². The van der Waals surface area contributed by atoms with Crippen molar-refractivity contribution in [2.45, 2.75) is 46.1 Å². The summed E-state index contributed by atoms with van der Waals surface area (Å²) >= 11 is 0. The number of rotatable bonds is 4. The van der Waals surface area contributed by atoms with Crippen LogP contribution < -0.4 is 10.6 Å². The molecule has 0 aromatic carbocycles. The lowest BCUT2D eigenvalue weighted by molar-refractivity contribution is -0.122. The van der Waals surface area contributed by atoms with Crippen LogP contribution in [0, 0.1) is 6.92 Å². The van der Waals surface area contributed by atoms with Gasteiger partial charge in [-0.2, -0.15) is 0 Å². The minimum Gasteiger partial charge on any atom is -0.355 e. The van der Waals surface area contributed by atoms with Gasteiger partial charge in [0.05, 0.1) is 0 Å². The van der Waals surface area contributed by atoms with E-state index >= 15 is 0 Å². The Morgan fingerprint density at radius 1 is 1.33 bits per heavy atom. The predicted octanol–water partition coefficient (Wildman–Crippen LogP) is 1.10. The molecule has 0 aliphatic heterocycles. The SMILES string of the molecule is CCNC(=O)[C@H](C)NC(=O)c1[nH]c2c(c1C)C(=O)CCC2. The molecule has 0 spiro atoms. The van der Waals surface area contributed by atoms with E-state index in [4.69, 9.17) is 0 Å². The highest BCUT2D eigenvalue weighted by Gasteiger charge is 2.27. The number of amides is 2. The Morgan fingerprint density at radius 3 is 2.67 bits per heavy atom. The van der Waals surface area contributed by atoms with Gasteiger partial charge in [-0.1, -0.05) is 0 Å². The van der Waals surface area contributed by atoms with Crippen LogP contribution in [-0.2, 0) is 11.2 Å². The maximum absolute atomic E-state index is 12.3. The number of likely N-dealkylation sites (N-methyl/N-ethyl adjacent to an activating group) is 1. The summed E-state index contributed by atoms with van der Waals surface area (Å²) in [6.07, 6.45) is 2.12. The summed E-state index contributed by atoms with van der Waals surface area (Å²) in [5.41, 5.74) is 2.54. The van der Waals surface area contributed by atoms with Crippen molar-refractivity contribution in [1.82, 2.24) is 15.6 Å². The fourth-order valence-electron chi connectivity index (χ4n) is 2.66. The van der Waals surface area contributed by atoms with E-state index in [1.165, 1.54) is 0 Å². The van der Waals surface area contributed by atoms with Crippen molar-refractivity contribution >= 4 is 17.6 Å². The average Bonchev–Trinajstić information content (AvgIpc) is 2.77. The van der Waals surface area contributed by atoms with Gasteiger partial charge in [-0.3, -0.25) is 14.4 Å². The molecule has 1 aromatic heterocycles. The quantitative estimate of drug-likeness (QED) is 0.775. The van der Waals surface area contributed by atoms with E-state index in [0.29, 0.717) is 29.8 Å². The lowest BCUT2D eigenvalue weighted by Crippen LogP contribution is -2.45. The fraction of sp³-hybridized carbons (Fsp3) is 0.533. The van der Waals surface area contributed by atoms with Crippen LogP contribution in [0.1, 0.15) is 58.8 Å². The molecule has 1 aliphatic rings. The third kappa shape index (κ3) is 2.99. The molecule has 1 atom stereocenters. The van der Waals surface area contributed by atoms with Crippen LogP contribution in [0.5, 0.6) is 0 Å². The zero-order chi connectivity index (χ0) is 15.6. The number of hydrogen-bond donors (Lipinski definition) is 3. The number of Topliss-reactive ketones (excluding diaryl/α,β-unsaturated/α-hetero) is 1. The van der Waals surface area contributed by atoms with Crippen molar-refractivity contribution in [3.63, 3.8) is 0 Å². The molecule has 0 unspecified atom stereocenters. The average molecular weight is 291 g/mol. The van der Waals surface area contributed by atoms with Gasteiger partial charge in [-0.25, -0.2) is 0 Å². The maximum Gasteiger partial charge on any atom is 0.268 e. The van der Waals surface area contributed by atoms with E-state index in [1.807, 2.05) is 6.92 Å². The number of hydrogen-bond acceptors (Lipinski definition) is 3. The first-order valence-corrected chi connectivity index (χ1v) is 7.28. The standard InChI is InChI=1S/C15H21N3O3/c1-4-16-14(20)9(3)17-15(21)13-8(2)12-10(18-13)6-5-7-11(12)19/h9,18H,4-7H2,1-3H3,(H,16,20)(H,17,21)/t9-/m0/s1. The molecule has 21 heavy (non-hydrogen) atoms. The number of carbonyl (C=O) groups excluding carboxylic acids is 3. The summed E-state index contributed by atoms with van der Waals surface area (Å²) in [4.78, 5) is 38.9. The third-order valence-electron chi connectivity index (χ3n) is 3.76. The van der Waals surface area contributed by atoms with E-state index in [0.717, 1.165) is 18.5 Å². The first-order valence-electron chi connectivity index (χ1n) is 7.28. The van der Waals surface area contributed by atoms with Crippen LogP contribution in [0.15, 0.2) is 0 Å². The number of nitrogens with one attached hydrogen (secondary N) is 3. The normalized spacial score (nSPS) is 15.3. The molecule has 0 fully saturated rings. The molecule has 1 aromatic rings. The second kappa shape index (κ2) is 6.11. The first kappa shape index (κ1) is 15.3. The summed E-state index contributed by atoms with van der Waals surface area (Å²) in [6.45, 7) is 5.74. The van der Waals surface area contributed by atoms with Gasteiger partial charge in [0.1, 0.15) is 11.7 Å². The molecule has 0 bridgehead atoms. The van der Waals surface area contributed by atoms with Crippen molar-refractivity contribution < 1.29 is 14.4 Å². The Morgan fingerprint density at radius 2 is 2.05 bits per heavy atom. The Bertz CT molecular complexity index is 589. The Balaban J connectivity index is 2.17. The second-order valence-corrected chi connectivity index (χ2v) is 5.35. The highest BCUT2D eigenvalue weighted by atomic mass is 16.2. The number of H-pyrrole nitrogens is 1. The molecular weight excluding hydrogens is 270 g/mol. The minimum absolute atomic E-state index is 0.0841. The molecular formula is C15H21N3O3. The molecule has 0 radical (unpaired) electrons. The van der Waals surface area contributed by atoms with Crippen molar-refractivity contribution in [3.8, 4) is 0 Å². The van der Waals surface area contributed by atoms with Gasteiger partial charge in [0.2, 0.25) is 5.91 Å². The fourth-order valence-corrected chi connectivity index (χ4v) is 2.66. The monoisotopic (exact) mass is 291 g/mol. The van der Waals surface area contributed by atoms with Crippen molar-refractivity contribution in [3.05, 3.63) is 22.5 Å². The van der Waals surface area contributed by atoms with Crippen molar-refractivity contribution in [1.29, 1.82) is 0 Å². The highest BCUT2D eigenvalue weighted by Crippen LogP contribution is 2.26. The molecule has 6 heteroatoms. The van der Waals surface area contributed by atoms with Gasteiger partial charge in [0, 0.05) is 24.2 Å². The first-order chi connectivity index (χ1) is 9.95. The Hall–Kier alpha value is -2.11. The van der Waals surface area contributed by atoms with Crippen LogP contribution >= 0.6 is 0 Å². The zero-order valence-corrected chi connectivity index (χ0v) is 12.6. The summed E-state index contributed by atoms with van der Waals surface area (Å²) in [5.74, 6) is -0.495. The molecule has 0 saturated heterocycles. The second-order valence-electron chi connectivity index (χ2n) is 5.35. The molecule has 1 heterocycles. The van der Waals surface area contributed by atoms with Crippen LogP contribution in [0.3, 0.4) is 0 Å². The molecule has 3 N–H and O–H groups in total. The number of aromatic amines is 1. The molecule has 6 nitrogen and oxygen atoms in total. The van der Waals surface area contributed by atoms with E-state index in [9.17, 15) is 14.4 Å². The lowest BCUT2D eigenvalue weighted by Gasteiger charge is -2.13. The van der Waals surface area contributed by atoms with Crippen molar-refractivity contribution in [2.75, 3.05) is 6.54 Å². The van der Waals surface area contributed by atoms with Crippen molar-refractivity contribution in [2.24, 2.45) is 0 Å². The van der Waals surface area contributed by atoms with Gasteiger partial charge in [0.15, 0.2) is 5.78 Å². The van der Waals surface area contributed by atoms with Crippen LogP contribution in [0.4, 0.5) is 0 Å². The summed E-state index contributed by atoms with van der Waals surface area (Å²) in [6, 6.07) is -0.618. The smallest absolute Gasteiger partial charge is 0.268 e. The summed E-state index contributed by atoms with van der Waals surface area (Å²) in [5, 5.41) is 5.31. The van der Waals surface area contributed by atoms with Gasteiger partial charge in [0.25, 0.3) is 5.91 Å². The summed E-state index contributed by atoms with van der Waals surface area (Å²) in [7, 11) is 0. The van der Waals surface area contributed by atoms with Crippen LogP contribution in [0.2, 0.25) is 0 Å².